The highest BCUT2D eigenvalue weighted by Gasteiger charge is 2.15. The van der Waals surface area contributed by atoms with Crippen LogP contribution in [0.2, 0.25) is 0 Å². The van der Waals surface area contributed by atoms with Crippen molar-refractivity contribution in [3.8, 4) is 0 Å². The maximum absolute atomic E-state index is 3.82. The average Bonchev–Trinajstić information content (AvgIpc) is 2.92. The summed E-state index contributed by atoms with van der Waals surface area (Å²) in [7, 11) is 0. The first-order valence-electron chi connectivity index (χ1n) is 14.7. The van der Waals surface area contributed by atoms with Crippen molar-refractivity contribution in [1.82, 2.24) is 0 Å². The van der Waals surface area contributed by atoms with Gasteiger partial charge in [-0.2, -0.15) is 0 Å². The van der Waals surface area contributed by atoms with Crippen molar-refractivity contribution in [1.29, 1.82) is 0 Å². The molecule has 38 heavy (non-hydrogen) atoms. The maximum Gasteiger partial charge on any atom is 0.0482 e. The third-order valence-corrected chi connectivity index (χ3v) is 7.50. The van der Waals surface area contributed by atoms with Gasteiger partial charge in [-0.1, -0.05) is 119 Å². The van der Waals surface area contributed by atoms with Gasteiger partial charge in [0.2, 0.25) is 0 Å². The van der Waals surface area contributed by atoms with Gasteiger partial charge in [0.15, 0.2) is 0 Å². The zero-order chi connectivity index (χ0) is 26.9. The molecule has 4 rings (SSSR count). The fourth-order valence-electron chi connectivity index (χ4n) is 5.68. The Hall–Kier alpha value is -3.32. The number of hydrogen-bond donors (Lipinski definition) is 1. The summed E-state index contributed by atoms with van der Waals surface area (Å²) in [5, 5.41) is 3.82. The summed E-state index contributed by atoms with van der Waals surface area (Å²) in [6.45, 7) is 11.3. The molecule has 0 radical (unpaired) electrons. The lowest BCUT2D eigenvalue weighted by atomic mass is 9.88. The summed E-state index contributed by atoms with van der Waals surface area (Å²) in [5.41, 5.74) is 13.6. The van der Waals surface area contributed by atoms with E-state index in [0.29, 0.717) is 6.04 Å². The molecule has 3 aromatic rings. The number of hydrogen-bond acceptors (Lipinski definition) is 1. The summed E-state index contributed by atoms with van der Waals surface area (Å²) in [6.07, 6.45) is 17.3. The molecule has 198 valence electrons. The van der Waals surface area contributed by atoms with Crippen LogP contribution in [0.3, 0.4) is 0 Å². The monoisotopic (exact) mass is 503 g/mol. The highest BCUT2D eigenvalue weighted by atomic mass is 14.9. The number of anilines is 1. The predicted molar refractivity (Wildman–Crippen MR) is 167 cm³/mol. The normalized spacial score (nSPS) is 15.4. The average molecular weight is 504 g/mol. The molecule has 0 saturated carbocycles. The molecule has 3 aromatic carbocycles. The van der Waals surface area contributed by atoms with Crippen LogP contribution < -0.4 is 5.32 Å². The van der Waals surface area contributed by atoms with E-state index in [4.69, 9.17) is 0 Å². The van der Waals surface area contributed by atoms with Crippen molar-refractivity contribution in [2.75, 3.05) is 5.32 Å². The zero-order valence-electron chi connectivity index (χ0n) is 24.1. The Morgan fingerprint density at radius 1 is 0.816 bits per heavy atom. The molecule has 1 heteroatoms. The predicted octanol–water partition coefficient (Wildman–Crippen LogP) is 9.96. The van der Waals surface area contributed by atoms with Crippen molar-refractivity contribution in [2.24, 2.45) is 0 Å². The van der Waals surface area contributed by atoms with Crippen LogP contribution in [0.25, 0.3) is 5.57 Å². The van der Waals surface area contributed by atoms with E-state index in [1.165, 1.54) is 68.6 Å². The molecule has 1 aliphatic rings. The van der Waals surface area contributed by atoms with E-state index < -0.39 is 0 Å². The van der Waals surface area contributed by atoms with Crippen LogP contribution in [0.5, 0.6) is 0 Å². The number of allylic oxidation sites excluding steroid dienone is 3. The molecule has 1 aliphatic carbocycles. The van der Waals surface area contributed by atoms with E-state index in [1.54, 1.807) is 0 Å². The molecule has 0 fully saturated rings. The second kappa shape index (κ2) is 13.5. The van der Waals surface area contributed by atoms with Gasteiger partial charge in [0, 0.05) is 11.7 Å². The lowest BCUT2D eigenvalue weighted by molar-refractivity contribution is 0.871. The van der Waals surface area contributed by atoms with Crippen LogP contribution in [0.4, 0.5) is 5.69 Å². The Kier molecular flexibility index (Phi) is 9.82. The third-order valence-electron chi connectivity index (χ3n) is 7.50. The lowest BCUT2D eigenvalue weighted by Gasteiger charge is -2.22. The molecular weight excluding hydrogens is 458 g/mol. The van der Waals surface area contributed by atoms with Gasteiger partial charge in [0.1, 0.15) is 0 Å². The number of aryl methyl sites for hydroxylation is 5. The largest absolute Gasteiger partial charge is 0.378 e. The summed E-state index contributed by atoms with van der Waals surface area (Å²) >= 11 is 0. The quantitative estimate of drug-likeness (QED) is 0.274. The fraction of sp³-hybridized carbons (Fsp3) is 0.351. The molecule has 0 spiro atoms. The van der Waals surface area contributed by atoms with Gasteiger partial charge in [-0.15, -0.1) is 0 Å². The second-order valence-corrected chi connectivity index (χ2v) is 10.8. The lowest BCUT2D eigenvalue weighted by Crippen LogP contribution is -2.19. The van der Waals surface area contributed by atoms with Gasteiger partial charge in [-0.25, -0.2) is 0 Å². The first-order chi connectivity index (χ1) is 18.5. The van der Waals surface area contributed by atoms with Crippen LogP contribution in [0.1, 0.15) is 85.4 Å². The first-order valence-corrected chi connectivity index (χ1v) is 14.7. The van der Waals surface area contributed by atoms with E-state index in [-0.39, 0.29) is 0 Å². The summed E-state index contributed by atoms with van der Waals surface area (Å²) < 4.78 is 0. The third kappa shape index (κ3) is 6.95. The van der Waals surface area contributed by atoms with Crippen LogP contribution in [0, 0.1) is 13.8 Å². The van der Waals surface area contributed by atoms with Gasteiger partial charge < -0.3 is 5.32 Å². The minimum atomic E-state index is 0.311. The molecule has 1 atom stereocenters. The van der Waals surface area contributed by atoms with Crippen molar-refractivity contribution in [2.45, 2.75) is 85.6 Å². The van der Waals surface area contributed by atoms with E-state index in [0.717, 1.165) is 32.1 Å². The molecule has 0 bridgehead atoms. The molecule has 1 N–H and O–H groups in total. The number of benzene rings is 3. The molecule has 0 aromatic heterocycles. The Morgan fingerprint density at radius 3 is 2.13 bits per heavy atom. The van der Waals surface area contributed by atoms with E-state index in [2.05, 4.69) is 125 Å². The van der Waals surface area contributed by atoms with Crippen LogP contribution in [0.15, 0.2) is 90.5 Å². The van der Waals surface area contributed by atoms with Crippen molar-refractivity contribution >= 4 is 11.3 Å². The van der Waals surface area contributed by atoms with Crippen molar-refractivity contribution < 1.29 is 0 Å². The fourth-order valence-corrected chi connectivity index (χ4v) is 5.68. The van der Waals surface area contributed by atoms with E-state index in [1.807, 2.05) is 0 Å². The van der Waals surface area contributed by atoms with Crippen LogP contribution in [-0.2, 0) is 19.3 Å². The molecule has 0 saturated heterocycles. The maximum atomic E-state index is 3.82. The molecule has 0 heterocycles. The Morgan fingerprint density at radius 2 is 1.50 bits per heavy atom. The first kappa shape index (κ1) is 27.7. The second-order valence-electron chi connectivity index (χ2n) is 10.8. The van der Waals surface area contributed by atoms with Crippen LogP contribution in [-0.4, -0.2) is 6.04 Å². The smallest absolute Gasteiger partial charge is 0.0482 e. The van der Waals surface area contributed by atoms with Gasteiger partial charge in [0.05, 0.1) is 0 Å². The molecular formula is C37H45N. The van der Waals surface area contributed by atoms with Crippen molar-refractivity contribution in [3.63, 3.8) is 0 Å². The number of nitrogens with one attached hydrogen (secondary N) is 1. The van der Waals surface area contributed by atoms with E-state index >= 15 is 0 Å². The van der Waals surface area contributed by atoms with Gasteiger partial charge >= 0.3 is 0 Å². The Bertz CT molecular complexity index is 1280. The molecule has 0 amide bonds. The summed E-state index contributed by atoms with van der Waals surface area (Å²) in [6, 6.07) is 23.0. The Labute approximate surface area is 231 Å². The molecule has 1 unspecified atom stereocenters. The summed E-state index contributed by atoms with van der Waals surface area (Å²) in [4.78, 5) is 0. The minimum Gasteiger partial charge on any atom is -0.378 e. The SMILES string of the molecule is CCCc1cc(C)c(NC2C=CC(C=C(c3ccccc3)c3ccc(CCC)cc3CCC)=CC2)c(C)c1. The van der Waals surface area contributed by atoms with Gasteiger partial charge in [0.25, 0.3) is 0 Å². The summed E-state index contributed by atoms with van der Waals surface area (Å²) in [5.74, 6) is 0. The standard InChI is InChI=1S/C37H45N/c1-6-12-29-19-22-35(33(25-29)14-8-3)36(32-15-10-9-11-16-32)26-30-17-20-34(21-18-30)38-37-27(4)23-31(13-7-2)24-28(37)5/h9-11,15-20,22-26,34,38H,6-8,12-14,21H2,1-5H3. The highest BCUT2D eigenvalue weighted by molar-refractivity contribution is 5.83. The zero-order valence-corrected chi connectivity index (χ0v) is 24.1. The number of rotatable bonds is 11. The van der Waals surface area contributed by atoms with Crippen LogP contribution >= 0.6 is 0 Å². The molecule has 0 aliphatic heterocycles. The minimum absolute atomic E-state index is 0.311. The highest BCUT2D eigenvalue weighted by Crippen LogP contribution is 2.31. The topological polar surface area (TPSA) is 12.0 Å². The Balaban J connectivity index is 1.61. The van der Waals surface area contributed by atoms with Gasteiger partial charge in [-0.05, 0) is 95.7 Å². The van der Waals surface area contributed by atoms with Gasteiger partial charge in [-0.3, -0.25) is 0 Å². The van der Waals surface area contributed by atoms with Crippen molar-refractivity contribution in [3.05, 3.63) is 129 Å². The van der Waals surface area contributed by atoms with E-state index in [9.17, 15) is 0 Å². The molecule has 1 nitrogen and oxygen atoms in total.